The molecule has 0 aliphatic carbocycles. The number of rotatable bonds is 13. The molecule has 18 rings (SSSR count). The second-order valence-electron chi connectivity index (χ2n) is 34.3. The van der Waals surface area contributed by atoms with Crippen molar-refractivity contribution in [1.82, 2.24) is 54.0 Å². The van der Waals surface area contributed by atoms with E-state index in [1.54, 1.807) is 0 Å². The van der Waals surface area contributed by atoms with Crippen LogP contribution in [0.5, 0.6) is 0 Å². The van der Waals surface area contributed by atoms with Crippen molar-refractivity contribution in [3.63, 3.8) is 0 Å². The van der Waals surface area contributed by atoms with Gasteiger partial charge in [0.25, 0.3) is 0 Å². The molecule has 0 aliphatic heterocycles. The molecule has 0 amide bonds. The van der Waals surface area contributed by atoms with Gasteiger partial charge in [-0.3, -0.25) is 0 Å². The summed E-state index contributed by atoms with van der Waals surface area (Å²) in [5, 5.41) is 14.3. The van der Waals surface area contributed by atoms with Crippen LogP contribution in [0.2, 0.25) is 0 Å². The Morgan fingerprint density at radius 3 is 0.802 bits per heavy atom. The van der Waals surface area contributed by atoms with Crippen LogP contribution in [0.1, 0.15) is 111 Å². The Kier molecular flexibility index (Phi) is 18.3. The van der Waals surface area contributed by atoms with Crippen molar-refractivity contribution in [1.29, 1.82) is 5.26 Å². The Bertz CT molecular complexity index is 6630. The first kappa shape index (κ1) is 73.5. The molecule has 18 aromatic rings. The predicted molar refractivity (Wildman–Crippen MR) is 475 cm³/mol. The van der Waals surface area contributed by atoms with Crippen LogP contribution in [-0.2, 0) is 21.7 Å². The molecule has 0 fully saturated rings. The molecular weight excluding hydrogens is 1420 g/mol. The fourth-order valence-corrected chi connectivity index (χ4v) is 15.6. The lowest BCUT2D eigenvalue weighted by atomic mass is 9.79. The largest absolute Gasteiger partial charge is 0.309 e. The average Bonchev–Trinajstić information content (AvgIpc) is 1.56. The van der Waals surface area contributed by atoms with E-state index in [9.17, 15) is 5.26 Å². The van der Waals surface area contributed by atoms with Crippen molar-refractivity contribution < 1.29 is 0 Å². The van der Waals surface area contributed by atoms with E-state index in [2.05, 4.69) is 256 Å². The van der Waals surface area contributed by atoms with E-state index in [1.807, 2.05) is 146 Å². The third-order valence-corrected chi connectivity index (χ3v) is 22.1. The predicted octanol–water partition coefficient (Wildman–Crippen LogP) is 25.8. The minimum atomic E-state index is -0.197. The summed E-state index contributed by atoms with van der Waals surface area (Å²) in [6.45, 7) is 27.3. The van der Waals surface area contributed by atoms with Crippen molar-refractivity contribution in [3.05, 3.63) is 331 Å². The highest BCUT2D eigenvalue weighted by atomic mass is 15.1. The number of nitriles is 1. The fourth-order valence-electron chi connectivity index (χ4n) is 15.6. The first-order valence-corrected chi connectivity index (χ1v) is 39.6. The second-order valence-corrected chi connectivity index (χ2v) is 34.3. The molecule has 0 aliphatic rings. The first-order chi connectivity index (χ1) is 55.9. The maximum absolute atomic E-state index is 10.2. The van der Waals surface area contributed by atoms with Gasteiger partial charge in [-0.05, 0) is 170 Å². The van der Waals surface area contributed by atoms with Gasteiger partial charge in [-0.15, -0.1) is 0 Å². The molecule has 0 bridgehead atoms. The highest BCUT2D eigenvalue weighted by Gasteiger charge is 2.29. The second kappa shape index (κ2) is 28.9. The Labute approximate surface area is 676 Å². The van der Waals surface area contributed by atoms with Gasteiger partial charge in [-0.2, -0.15) is 5.26 Å². The van der Waals surface area contributed by atoms with E-state index < -0.39 is 0 Å². The van der Waals surface area contributed by atoms with E-state index in [0.717, 1.165) is 127 Å². The summed E-state index contributed by atoms with van der Waals surface area (Å²) in [4.78, 5) is 48.2. The van der Waals surface area contributed by atoms with Gasteiger partial charge in [0.2, 0.25) is 0 Å². The molecule has 0 saturated carbocycles. The molecule has 0 atom stereocenters. The molecular formula is C104H86N12. The van der Waals surface area contributed by atoms with Crippen LogP contribution in [0.3, 0.4) is 0 Å². The van der Waals surface area contributed by atoms with Crippen molar-refractivity contribution >= 4 is 43.6 Å². The minimum Gasteiger partial charge on any atom is -0.309 e. The molecule has 12 nitrogen and oxygen atoms in total. The third-order valence-electron chi connectivity index (χ3n) is 22.1. The van der Waals surface area contributed by atoms with Gasteiger partial charge in [0.05, 0.1) is 45.1 Å². The number of benzene rings is 13. The van der Waals surface area contributed by atoms with Crippen LogP contribution >= 0.6 is 0 Å². The summed E-state index contributed by atoms with van der Waals surface area (Å²) >= 11 is 0. The normalized spacial score (nSPS) is 12.1. The van der Waals surface area contributed by atoms with Crippen molar-refractivity contribution in [2.45, 2.75) is 105 Å². The molecule has 0 unspecified atom stereocenters. The van der Waals surface area contributed by atoms with Gasteiger partial charge in [0, 0.05) is 82.7 Å². The zero-order valence-corrected chi connectivity index (χ0v) is 67.2. The summed E-state index contributed by atoms with van der Waals surface area (Å²) in [7, 11) is 0. The molecule has 0 radical (unpaired) electrons. The monoisotopic (exact) mass is 1500 g/mol. The van der Waals surface area contributed by atoms with Crippen LogP contribution in [0, 0.1) is 11.3 Å². The lowest BCUT2D eigenvalue weighted by Gasteiger charge is -2.26. The highest BCUT2D eigenvalue weighted by molar-refractivity contribution is 6.13. The van der Waals surface area contributed by atoms with Gasteiger partial charge >= 0.3 is 0 Å². The van der Waals surface area contributed by atoms with E-state index in [1.165, 1.54) is 22.3 Å². The van der Waals surface area contributed by atoms with Crippen LogP contribution in [0.25, 0.3) is 180 Å². The van der Waals surface area contributed by atoms with E-state index in [4.69, 9.17) is 44.9 Å². The summed E-state index contributed by atoms with van der Waals surface area (Å²) in [5.74, 6) is 5.12. The van der Waals surface area contributed by atoms with Crippen LogP contribution < -0.4 is 0 Å². The van der Waals surface area contributed by atoms with Crippen LogP contribution in [0.15, 0.2) is 303 Å². The standard InChI is InChI=1S/C104H86N12/c1-101(2,3)76-53-74(54-77(61-76)102(4,5)6)99-112-98(113-100(114-99)75-55-78(103(7,8)9)62-79(56-75)104(10,11)12)73-48-52-91(116-87-40-28-26-38-81(87)83-59-72(47-51-89(83)116)97-110-94(68-33-21-15-22-34-68)107-95(111-97)69-35-23-16-24-36-69)85(60-73)84-57-70(65-43-41-64(63-105)42-44-65)45-49-90(84)115-86-39-27-25-37-80(86)82-58-71(46-50-88(82)115)96-108-92(66-29-17-13-18-30-66)106-93(109-96)67-31-19-14-20-32-67/h13-62H,1-12H3. The first-order valence-electron chi connectivity index (χ1n) is 39.6. The molecule has 5 heterocycles. The molecule has 0 spiro atoms. The highest BCUT2D eigenvalue weighted by Crippen LogP contribution is 2.47. The van der Waals surface area contributed by atoms with Crippen molar-refractivity contribution in [2.24, 2.45) is 0 Å². The molecule has 13 aromatic carbocycles. The van der Waals surface area contributed by atoms with E-state index >= 15 is 0 Å². The minimum absolute atomic E-state index is 0.197. The van der Waals surface area contributed by atoms with Crippen molar-refractivity contribution in [2.75, 3.05) is 0 Å². The molecule has 116 heavy (non-hydrogen) atoms. The van der Waals surface area contributed by atoms with Gasteiger partial charge in [0.15, 0.2) is 52.4 Å². The Morgan fingerprint density at radius 1 is 0.216 bits per heavy atom. The van der Waals surface area contributed by atoms with E-state index in [-0.39, 0.29) is 21.7 Å². The van der Waals surface area contributed by atoms with Crippen LogP contribution in [0.4, 0.5) is 0 Å². The Balaban J connectivity index is 0.926. The van der Waals surface area contributed by atoms with Gasteiger partial charge < -0.3 is 9.13 Å². The number of hydrogen-bond acceptors (Lipinski definition) is 10. The van der Waals surface area contributed by atoms with Gasteiger partial charge in [0.1, 0.15) is 0 Å². The number of fused-ring (bicyclic) bond motifs is 6. The summed E-state index contributed by atoms with van der Waals surface area (Å²) in [5.41, 5.74) is 21.9. The number of hydrogen-bond donors (Lipinski definition) is 0. The molecule has 0 saturated heterocycles. The third kappa shape index (κ3) is 14.1. The Hall–Kier alpha value is -14.0. The van der Waals surface area contributed by atoms with Crippen molar-refractivity contribution in [3.8, 4) is 142 Å². The van der Waals surface area contributed by atoms with Gasteiger partial charge in [-0.25, -0.2) is 44.9 Å². The molecule has 5 aromatic heterocycles. The fraction of sp³-hybridized carbons (Fsp3) is 0.154. The lowest BCUT2D eigenvalue weighted by Crippen LogP contribution is -2.17. The summed E-state index contributed by atoms with van der Waals surface area (Å²) in [6, 6.07) is 109. The SMILES string of the molecule is CC(C)(C)c1cc(-c2nc(-c3cc(C(C)(C)C)cc(C(C)(C)C)c3)nc(-c3ccc(-n4c5ccccc5c5cc(-c6nc(-c7ccccc7)nc(-c7ccccc7)n6)ccc54)c(-c4cc(-c5ccc(C#N)cc5)ccc4-n4c5ccccc5c5cc(-c6nc(-c7ccccc7)nc(-c7ccccc7)n6)ccc54)c3)n2)cc(C(C)(C)C)c1. The summed E-state index contributed by atoms with van der Waals surface area (Å²) < 4.78 is 4.82. The zero-order valence-electron chi connectivity index (χ0n) is 67.2. The zero-order chi connectivity index (χ0) is 79.9. The Morgan fingerprint density at radius 2 is 0.474 bits per heavy atom. The average molecular weight is 1500 g/mol. The number of para-hydroxylation sites is 2. The van der Waals surface area contributed by atoms with Gasteiger partial charge in [-0.1, -0.05) is 271 Å². The quantitative estimate of drug-likeness (QED) is 0.109. The number of nitrogens with zero attached hydrogens (tertiary/aromatic N) is 12. The van der Waals surface area contributed by atoms with E-state index in [0.29, 0.717) is 58.0 Å². The molecule has 12 heteroatoms. The topological polar surface area (TPSA) is 150 Å². The molecule has 562 valence electrons. The maximum Gasteiger partial charge on any atom is 0.164 e. The maximum atomic E-state index is 10.2. The number of aromatic nitrogens is 11. The van der Waals surface area contributed by atoms with Crippen LogP contribution in [-0.4, -0.2) is 54.0 Å². The molecule has 0 N–H and O–H groups in total. The summed E-state index contributed by atoms with van der Waals surface area (Å²) in [6.07, 6.45) is 0. The lowest BCUT2D eigenvalue weighted by molar-refractivity contribution is 0.568. The smallest absolute Gasteiger partial charge is 0.164 e.